The van der Waals surface area contributed by atoms with Gasteiger partial charge in [-0.25, -0.2) is 4.98 Å². The summed E-state index contributed by atoms with van der Waals surface area (Å²) in [6, 6.07) is 0. The van der Waals surface area contributed by atoms with Crippen molar-refractivity contribution in [1.29, 1.82) is 0 Å². The number of hydrogen-bond acceptors (Lipinski definition) is 5. The number of aliphatic hydroxyl groups excluding tert-OH is 2. The summed E-state index contributed by atoms with van der Waals surface area (Å²) in [5.41, 5.74) is 0.784. The van der Waals surface area contributed by atoms with Crippen molar-refractivity contribution in [2.24, 2.45) is 0 Å². The predicted octanol–water partition coefficient (Wildman–Crippen LogP) is 0.707. The van der Waals surface area contributed by atoms with Gasteiger partial charge in [-0.1, -0.05) is 0 Å². The minimum Gasteiger partial charge on any atom is -0.395 e. The van der Waals surface area contributed by atoms with Gasteiger partial charge in [0.25, 0.3) is 0 Å². The third kappa shape index (κ3) is 1.79. The molecule has 16 heavy (non-hydrogen) atoms. The Bertz CT molecular complexity index is 466. The summed E-state index contributed by atoms with van der Waals surface area (Å²) in [5.74, 6) is 0.769. The van der Waals surface area contributed by atoms with Gasteiger partial charge in [0.05, 0.1) is 18.9 Å². The van der Waals surface area contributed by atoms with E-state index in [1.165, 1.54) is 11.3 Å². The lowest BCUT2D eigenvalue weighted by Crippen LogP contribution is -2.27. The number of anilines is 1. The van der Waals surface area contributed by atoms with Crippen LogP contribution in [0.2, 0.25) is 0 Å². The van der Waals surface area contributed by atoms with E-state index in [9.17, 15) is 5.11 Å². The van der Waals surface area contributed by atoms with E-state index in [0.29, 0.717) is 6.54 Å². The molecular weight excluding hydrogens is 226 g/mol. The monoisotopic (exact) mass is 241 g/mol. The quantitative estimate of drug-likeness (QED) is 0.809. The summed E-state index contributed by atoms with van der Waals surface area (Å²) in [7, 11) is 0. The maximum absolute atomic E-state index is 9.39. The minimum absolute atomic E-state index is 0.0465. The fraction of sp³-hybridized carbons (Fsp3) is 0.500. The predicted molar refractivity (Wildman–Crippen MR) is 64.0 cm³/mol. The molecule has 0 radical (unpaired) electrons. The maximum Gasteiger partial charge on any atom is 0.195 e. The van der Waals surface area contributed by atoms with Crippen LogP contribution in [0, 0.1) is 0 Å². The molecule has 0 aliphatic heterocycles. The molecule has 0 amide bonds. The van der Waals surface area contributed by atoms with Gasteiger partial charge in [-0.15, -0.1) is 11.3 Å². The Hall–Kier alpha value is -1.11. The SMILES string of the molecule is CCN(CCO)c1nc2sccn2c1CO. The maximum atomic E-state index is 9.39. The highest BCUT2D eigenvalue weighted by atomic mass is 32.1. The Morgan fingerprint density at radius 2 is 2.31 bits per heavy atom. The lowest BCUT2D eigenvalue weighted by molar-refractivity contribution is 0.275. The molecule has 0 fully saturated rings. The zero-order valence-corrected chi connectivity index (χ0v) is 9.94. The standard InChI is InChI=1S/C10H15N3O2S/c1-2-12(3-5-14)9-8(7-15)13-4-6-16-10(13)11-9/h4,6,14-15H,2-3,5,7H2,1H3. The first-order chi connectivity index (χ1) is 7.81. The van der Waals surface area contributed by atoms with Crippen molar-refractivity contribution in [2.75, 3.05) is 24.6 Å². The van der Waals surface area contributed by atoms with Crippen LogP contribution in [0.4, 0.5) is 5.82 Å². The highest BCUT2D eigenvalue weighted by molar-refractivity contribution is 7.15. The molecule has 2 rings (SSSR count). The van der Waals surface area contributed by atoms with Crippen LogP contribution >= 0.6 is 11.3 Å². The van der Waals surface area contributed by atoms with Crippen molar-refractivity contribution in [3.8, 4) is 0 Å². The molecule has 0 unspecified atom stereocenters. The largest absolute Gasteiger partial charge is 0.395 e. The smallest absolute Gasteiger partial charge is 0.195 e. The van der Waals surface area contributed by atoms with Crippen molar-refractivity contribution in [3.63, 3.8) is 0 Å². The minimum atomic E-state index is -0.0465. The summed E-state index contributed by atoms with van der Waals surface area (Å²) in [6.45, 7) is 3.34. The molecule has 0 spiro atoms. The van der Waals surface area contributed by atoms with E-state index in [1.807, 2.05) is 27.8 Å². The number of aliphatic hydroxyl groups is 2. The van der Waals surface area contributed by atoms with Gasteiger partial charge < -0.3 is 15.1 Å². The third-order valence-electron chi connectivity index (χ3n) is 2.54. The van der Waals surface area contributed by atoms with Crippen molar-refractivity contribution in [3.05, 3.63) is 17.3 Å². The number of aromatic nitrogens is 2. The van der Waals surface area contributed by atoms with Crippen LogP contribution in [-0.2, 0) is 6.61 Å². The first-order valence-corrected chi connectivity index (χ1v) is 6.10. The third-order valence-corrected chi connectivity index (χ3v) is 3.30. The average molecular weight is 241 g/mol. The van der Waals surface area contributed by atoms with E-state index < -0.39 is 0 Å². The number of likely N-dealkylation sites (N-methyl/N-ethyl adjacent to an activating group) is 1. The number of rotatable bonds is 5. The fourth-order valence-corrected chi connectivity index (χ4v) is 2.48. The van der Waals surface area contributed by atoms with Crippen LogP contribution in [0.15, 0.2) is 11.6 Å². The molecule has 0 aliphatic rings. The van der Waals surface area contributed by atoms with Gasteiger partial charge >= 0.3 is 0 Å². The van der Waals surface area contributed by atoms with E-state index >= 15 is 0 Å². The van der Waals surface area contributed by atoms with Gasteiger partial charge in [0.1, 0.15) is 0 Å². The number of fused-ring (bicyclic) bond motifs is 1. The van der Waals surface area contributed by atoms with Crippen LogP contribution in [0.3, 0.4) is 0 Å². The number of hydrogen-bond donors (Lipinski definition) is 2. The molecule has 2 aromatic heterocycles. The molecule has 0 atom stereocenters. The lowest BCUT2D eigenvalue weighted by atomic mass is 10.4. The van der Waals surface area contributed by atoms with Crippen LogP contribution in [-0.4, -0.2) is 39.3 Å². The molecule has 0 saturated carbocycles. The van der Waals surface area contributed by atoms with E-state index in [4.69, 9.17) is 5.11 Å². The zero-order valence-electron chi connectivity index (χ0n) is 9.13. The molecule has 0 aromatic carbocycles. The zero-order chi connectivity index (χ0) is 11.5. The molecule has 2 N–H and O–H groups in total. The van der Waals surface area contributed by atoms with Crippen molar-refractivity contribution in [1.82, 2.24) is 9.38 Å². The van der Waals surface area contributed by atoms with Crippen molar-refractivity contribution in [2.45, 2.75) is 13.5 Å². The topological polar surface area (TPSA) is 61.0 Å². The van der Waals surface area contributed by atoms with Gasteiger partial charge in [0.15, 0.2) is 10.8 Å². The Labute approximate surface area is 97.6 Å². The highest BCUT2D eigenvalue weighted by Gasteiger charge is 2.16. The molecule has 88 valence electrons. The Balaban J connectivity index is 2.44. The normalized spacial score (nSPS) is 11.2. The molecule has 0 saturated heterocycles. The Morgan fingerprint density at radius 1 is 1.50 bits per heavy atom. The molecule has 0 aliphatic carbocycles. The Kier molecular flexibility index (Phi) is 3.42. The molecule has 5 nitrogen and oxygen atoms in total. The van der Waals surface area contributed by atoms with Crippen LogP contribution in [0.5, 0.6) is 0 Å². The molecule has 2 heterocycles. The van der Waals surface area contributed by atoms with Crippen LogP contribution in [0.25, 0.3) is 4.96 Å². The van der Waals surface area contributed by atoms with Crippen molar-refractivity contribution < 1.29 is 10.2 Å². The van der Waals surface area contributed by atoms with Gasteiger partial charge in [-0.2, -0.15) is 0 Å². The number of imidazole rings is 1. The summed E-state index contributed by atoms with van der Waals surface area (Å²) < 4.78 is 1.89. The number of thiazole rings is 1. The lowest BCUT2D eigenvalue weighted by Gasteiger charge is -2.20. The molecule has 6 heteroatoms. The van der Waals surface area contributed by atoms with Gasteiger partial charge in [-0.05, 0) is 6.92 Å². The second-order valence-electron chi connectivity index (χ2n) is 3.40. The second kappa shape index (κ2) is 4.82. The fourth-order valence-electron chi connectivity index (χ4n) is 1.76. The molecular formula is C10H15N3O2S. The first-order valence-electron chi connectivity index (χ1n) is 5.22. The summed E-state index contributed by atoms with van der Waals surface area (Å²) in [5, 5.41) is 20.3. The van der Waals surface area contributed by atoms with Gasteiger partial charge in [0.2, 0.25) is 0 Å². The summed E-state index contributed by atoms with van der Waals surface area (Å²) in [4.78, 5) is 7.30. The molecule has 2 aromatic rings. The highest BCUT2D eigenvalue weighted by Crippen LogP contribution is 2.24. The van der Waals surface area contributed by atoms with E-state index in [1.54, 1.807) is 0 Å². The average Bonchev–Trinajstić information content (AvgIpc) is 2.85. The van der Waals surface area contributed by atoms with Gasteiger partial charge in [0, 0.05) is 24.7 Å². The second-order valence-corrected chi connectivity index (χ2v) is 4.27. The van der Waals surface area contributed by atoms with E-state index in [2.05, 4.69) is 4.98 Å². The van der Waals surface area contributed by atoms with E-state index in [-0.39, 0.29) is 13.2 Å². The summed E-state index contributed by atoms with van der Waals surface area (Å²) in [6.07, 6.45) is 1.90. The Morgan fingerprint density at radius 3 is 2.94 bits per heavy atom. The van der Waals surface area contributed by atoms with Crippen LogP contribution in [0.1, 0.15) is 12.6 Å². The van der Waals surface area contributed by atoms with Gasteiger partial charge in [-0.3, -0.25) is 4.40 Å². The van der Waals surface area contributed by atoms with Crippen LogP contribution < -0.4 is 4.90 Å². The molecule has 0 bridgehead atoms. The van der Waals surface area contributed by atoms with E-state index in [0.717, 1.165) is 23.0 Å². The summed E-state index contributed by atoms with van der Waals surface area (Å²) >= 11 is 1.54. The first kappa shape index (κ1) is 11.4. The van der Waals surface area contributed by atoms with Crippen molar-refractivity contribution >= 4 is 22.1 Å². The number of nitrogens with zero attached hydrogens (tertiary/aromatic N) is 3.